The van der Waals surface area contributed by atoms with Crippen molar-refractivity contribution in [1.29, 1.82) is 0 Å². The van der Waals surface area contributed by atoms with E-state index < -0.39 is 17.8 Å². The number of nitrogens with one attached hydrogen (secondary N) is 1. The Morgan fingerprint density at radius 1 is 0.963 bits per heavy atom. The lowest BCUT2D eigenvalue weighted by Crippen LogP contribution is -2.54. The third kappa shape index (κ3) is 3.82. The number of nitrogens with zero attached hydrogens (tertiary/aromatic N) is 2. The van der Waals surface area contributed by atoms with Crippen LogP contribution in [0.1, 0.15) is 5.56 Å². The van der Waals surface area contributed by atoms with Crippen molar-refractivity contribution in [2.24, 2.45) is 0 Å². The SMILES string of the molecule is CN(C)c1ccc(/C=C2\C(=O)NC(=O)N(c3ccc(Cl)c(Cl)c3)C2=O)cc1. The Balaban J connectivity index is 1.97. The van der Waals surface area contributed by atoms with E-state index in [1.165, 1.54) is 24.3 Å². The van der Waals surface area contributed by atoms with Crippen LogP contribution in [0.15, 0.2) is 48.0 Å². The molecule has 2 aromatic rings. The number of amides is 4. The number of imide groups is 2. The summed E-state index contributed by atoms with van der Waals surface area (Å²) in [7, 11) is 3.82. The van der Waals surface area contributed by atoms with Gasteiger partial charge in [-0.3, -0.25) is 14.9 Å². The molecule has 1 aliphatic rings. The predicted octanol–water partition coefficient (Wildman–Crippen LogP) is 3.73. The zero-order valence-electron chi connectivity index (χ0n) is 14.5. The van der Waals surface area contributed by atoms with Gasteiger partial charge in [-0.1, -0.05) is 35.3 Å². The molecule has 0 unspecified atom stereocenters. The van der Waals surface area contributed by atoms with Gasteiger partial charge in [-0.25, -0.2) is 9.69 Å². The van der Waals surface area contributed by atoms with Gasteiger partial charge < -0.3 is 4.90 Å². The maximum Gasteiger partial charge on any atom is 0.335 e. The van der Waals surface area contributed by atoms with Gasteiger partial charge >= 0.3 is 6.03 Å². The van der Waals surface area contributed by atoms with Crippen molar-refractivity contribution in [3.05, 3.63) is 63.6 Å². The average Bonchev–Trinajstić information content (AvgIpc) is 2.62. The van der Waals surface area contributed by atoms with Crippen LogP contribution in [0, 0.1) is 0 Å². The topological polar surface area (TPSA) is 69.7 Å². The summed E-state index contributed by atoms with van der Waals surface area (Å²) < 4.78 is 0. The minimum atomic E-state index is -0.844. The second-order valence-corrected chi connectivity index (χ2v) is 6.86. The first-order chi connectivity index (χ1) is 12.8. The molecular formula is C19H15Cl2N3O3. The Kier molecular flexibility index (Phi) is 5.21. The highest BCUT2D eigenvalue weighted by Gasteiger charge is 2.36. The lowest BCUT2D eigenvalue weighted by molar-refractivity contribution is -0.122. The molecule has 4 amide bonds. The smallest absolute Gasteiger partial charge is 0.335 e. The van der Waals surface area contributed by atoms with Gasteiger partial charge in [0.15, 0.2) is 0 Å². The summed E-state index contributed by atoms with van der Waals surface area (Å²) in [4.78, 5) is 40.0. The van der Waals surface area contributed by atoms with E-state index in [-0.39, 0.29) is 21.3 Å². The molecule has 6 nitrogen and oxygen atoms in total. The number of rotatable bonds is 3. The molecule has 0 saturated carbocycles. The lowest BCUT2D eigenvalue weighted by atomic mass is 10.1. The zero-order valence-corrected chi connectivity index (χ0v) is 16.0. The predicted molar refractivity (Wildman–Crippen MR) is 106 cm³/mol. The minimum Gasteiger partial charge on any atom is -0.378 e. The van der Waals surface area contributed by atoms with E-state index in [4.69, 9.17) is 23.2 Å². The summed E-state index contributed by atoms with van der Waals surface area (Å²) in [6.07, 6.45) is 1.44. The van der Waals surface area contributed by atoms with Crippen LogP contribution in [0.3, 0.4) is 0 Å². The molecule has 0 aromatic heterocycles. The van der Waals surface area contributed by atoms with Crippen LogP contribution in [0.4, 0.5) is 16.2 Å². The standard InChI is InChI=1S/C19H15Cl2N3O3/c1-23(2)12-5-3-11(4-6-12)9-14-17(25)22-19(27)24(18(14)26)13-7-8-15(20)16(21)10-13/h3-10H,1-2H3,(H,22,25,27)/b14-9+. The number of benzene rings is 2. The van der Waals surface area contributed by atoms with E-state index in [0.29, 0.717) is 5.56 Å². The first kappa shape index (κ1) is 18.9. The quantitative estimate of drug-likeness (QED) is 0.625. The van der Waals surface area contributed by atoms with E-state index in [2.05, 4.69) is 5.32 Å². The van der Waals surface area contributed by atoms with E-state index >= 15 is 0 Å². The van der Waals surface area contributed by atoms with Crippen molar-refractivity contribution < 1.29 is 14.4 Å². The number of urea groups is 1. The fourth-order valence-corrected chi connectivity index (χ4v) is 2.84. The van der Waals surface area contributed by atoms with E-state index in [1.54, 1.807) is 12.1 Å². The van der Waals surface area contributed by atoms with Crippen molar-refractivity contribution in [3.63, 3.8) is 0 Å². The van der Waals surface area contributed by atoms with Gasteiger partial charge in [-0.15, -0.1) is 0 Å². The molecular weight excluding hydrogens is 389 g/mol. The summed E-state index contributed by atoms with van der Waals surface area (Å²) in [5.74, 6) is -1.49. The first-order valence-corrected chi connectivity index (χ1v) is 8.67. The molecule has 1 saturated heterocycles. The number of carbonyl (C=O) groups is 3. The summed E-state index contributed by atoms with van der Waals surface area (Å²) in [6.45, 7) is 0. The number of barbiturate groups is 1. The van der Waals surface area contributed by atoms with Crippen LogP contribution >= 0.6 is 23.2 Å². The Hall–Kier alpha value is -2.83. The summed E-state index contributed by atoms with van der Waals surface area (Å²) >= 11 is 11.9. The number of halogens is 2. The van der Waals surface area contributed by atoms with Gasteiger partial charge in [0.2, 0.25) is 0 Å². The van der Waals surface area contributed by atoms with E-state index in [0.717, 1.165) is 10.6 Å². The Morgan fingerprint density at radius 3 is 2.22 bits per heavy atom. The molecule has 0 radical (unpaired) electrons. The fraction of sp³-hybridized carbons (Fsp3) is 0.105. The Labute approximate surface area is 166 Å². The highest BCUT2D eigenvalue weighted by molar-refractivity contribution is 6.43. The molecule has 0 aliphatic carbocycles. The summed E-state index contributed by atoms with van der Waals surface area (Å²) in [6, 6.07) is 10.8. The maximum atomic E-state index is 12.8. The van der Waals surface area contributed by atoms with Gasteiger partial charge in [0.25, 0.3) is 11.8 Å². The fourth-order valence-electron chi connectivity index (χ4n) is 2.55. The maximum absolute atomic E-state index is 12.8. The van der Waals surface area contributed by atoms with Gasteiger partial charge in [-0.2, -0.15) is 0 Å². The normalized spacial score (nSPS) is 15.9. The number of anilines is 2. The van der Waals surface area contributed by atoms with Crippen molar-refractivity contribution >= 4 is 58.5 Å². The van der Waals surface area contributed by atoms with Crippen LogP contribution in [0.5, 0.6) is 0 Å². The van der Waals surface area contributed by atoms with Gasteiger partial charge in [0.1, 0.15) is 5.57 Å². The third-order valence-corrected chi connectivity index (χ3v) is 4.72. The molecule has 2 aromatic carbocycles. The second-order valence-electron chi connectivity index (χ2n) is 6.04. The molecule has 3 rings (SSSR count). The number of hydrogen-bond donors (Lipinski definition) is 1. The number of hydrogen-bond acceptors (Lipinski definition) is 4. The average molecular weight is 404 g/mol. The largest absolute Gasteiger partial charge is 0.378 e. The molecule has 1 fully saturated rings. The molecule has 0 spiro atoms. The Morgan fingerprint density at radius 2 is 1.63 bits per heavy atom. The van der Waals surface area contributed by atoms with Crippen LogP contribution in [0.25, 0.3) is 6.08 Å². The molecule has 27 heavy (non-hydrogen) atoms. The van der Waals surface area contributed by atoms with E-state index in [1.807, 2.05) is 31.1 Å². The molecule has 0 bridgehead atoms. The van der Waals surface area contributed by atoms with E-state index in [9.17, 15) is 14.4 Å². The highest BCUT2D eigenvalue weighted by Crippen LogP contribution is 2.29. The van der Waals surface area contributed by atoms with Crippen molar-refractivity contribution in [1.82, 2.24) is 5.32 Å². The zero-order chi connectivity index (χ0) is 19.7. The lowest BCUT2D eigenvalue weighted by Gasteiger charge is -2.26. The highest BCUT2D eigenvalue weighted by atomic mass is 35.5. The van der Waals surface area contributed by atoms with Crippen LogP contribution in [-0.2, 0) is 9.59 Å². The van der Waals surface area contributed by atoms with Crippen molar-refractivity contribution in [3.8, 4) is 0 Å². The molecule has 1 heterocycles. The molecule has 1 N–H and O–H groups in total. The summed E-state index contributed by atoms with van der Waals surface area (Å²) in [5, 5.41) is 2.65. The number of carbonyl (C=O) groups excluding carboxylic acids is 3. The molecule has 0 atom stereocenters. The first-order valence-electron chi connectivity index (χ1n) is 7.92. The van der Waals surface area contributed by atoms with Crippen LogP contribution in [0.2, 0.25) is 10.0 Å². The third-order valence-electron chi connectivity index (χ3n) is 3.98. The molecule has 138 valence electrons. The van der Waals surface area contributed by atoms with Crippen LogP contribution in [-0.4, -0.2) is 31.9 Å². The van der Waals surface area contributed by atoms with Gasteiger partial charge in [0, 0.05) is 19.8 Å². The monoisotopic (exact) mass is 403 g/mol. The molecule has 8 heteroatoms. The second kappa shape index (κ2) is 7.42. The van der Waals surface area contributed by atoms with Crippen molar-refractivity contribution in [2.45, 2.75) is 0 Å². The van der Waals surface area contributed by atoms with Gasteiger partial charge in [-0.05, 0) is 42.0 Å². The van der Waals surface area contributed by atoms with Gasteiger partial charge in [0.05, 0.1) is 15.7 Å². The summed E-state index contributed by atoms with van der Waals surface area (Å²) in [5.41, 5.74) is 1.69. The van der Waals surface area contributed by atoms with Crippen molar-refractivity contribution in [2.75, 3.05) is 23.9 Å². The van der Waals surface area contributed by atoms with Crippen LogP contribution < -0.4 is 15.1 Å². The Bertz CT molecular complexity index is 969. The molecule has 1 aliphatic heterocycles. The minimum absolute atomic E-state index is 0.154.